The Morgan fingerprint density at radius 1 is 0.921 bits per heavy atom. The van der Waals surface area contributed by atoms with Gasteiger partial charge in [-0.15, -0.1) is 10.2 Å². The second kappa shape index (κ2) is 10.8. The molecular formula is C29H28N6O2S. The van der Waals surface area contributed by atoms with Crippen molar-refractivity contribution in [2.45, 2.75) is 28.7 Å². The lowest BCUT2D eigenvalue weighted by Gasteiger charge is -2.32. The molecule has 1 fully saturated rings. The van der Waals surface area contributed by atoms with Crippen molar-refractivity contribution in [1.82, 2.24) is 20.2 Å². The van der Waals surface area contributed by atoms with E-state index in [4.69, 9.17) is 9.47 Å². The molecule has 2 aromatic carbocycles. The van der Waals surface area contributed by atoms with Crippen molar-refractivity contribution in [3.05, 3.63) is 73.1 Å². The molecule has 0 radical (unpaired) electrons. The molecule has 4 heterocycles. The number of piperidine rings is 1. The van der Waals surface area contributed by atoms with E-state index in [9.17, 15) is 0 Å². The molecule has 6 rings (SSSR count). The van der Waals surface area contributed by atoms with Gasteiger partial charge in [-0.05, 0) is 43.2 Å². The van der Waals surface area contributed by atoms with Crippen LogP contribution in [0.25, 0.3) is 21.8 Å². The van der Waals surface area contributed by atoms with Gasteiger partial charge in [-0.1, -0.05) is 36.0 Å². The molecule has 192 valence electrons. The lowest BCUT2D eigenvalue weighted by Crippen LogP contribution is -2.37. The SMILES string of the molecule is COc1cnc2c(Sc3ccc(Nc4nnc(N5CCC(OC)CC5)c5ccccc45)cc3)ccnc2c1. The zero-order valence-corrected chi connectivity index (χ0v) is 22.1. The van der Waals surface area contributed by atoms with Crippen molar-refractivity contribution >= 4 is 50.9 Å². The molecule has 8 nitrogen and oxygen atoms in total. The monoisotopic (exact) mass is 524 g/mol. The van der Waals surface area contributed by atoms with Gasteiger partial charge in [0.25, 0.3) is 0 Å². The predicted octanol–water partition coefficient (Wildman–Crippen LogP) is 6.09. The van der Waals surface area contributed by atoms with E-state index in [1.807, 2.05) is 18.2 Å². The number of ether oxygens (including phenoxy) is 2. The first-order valence-electron chi connectivity index (χ1n) is 12.6. The van der Waals surface area contributed by atoms with Gasteiger partial charge in [0.1, 0.15) is 11.3 Å². The van der Waals surface area contributed by atoms with Crippen molar-refractivity contribution < 1.29 is 9.47 Å². The van der Waals surface area contributed by atoms with Crippen LogP contribution in [0.3, 0.4) is 0 Å². The van der Waals surface area contributed by atoms with Crippen LogP contribution in [0.15, 0.2) is 82.8 Å². The molecule has 0 saturated carbocycles. The van der Waals surface area contributed by atoms with Crippen LogP contribution in [0.1, 0.15) is 12.8 Å². The highest BCUT2D eigenvalue weighted by Gasteiger charge is 2.22. The number of anilines is 3. The van der Waals surface area contributed by atoms with Gasteiger partial charge in [-0.2, -0.15) is 0 Å². The summed E-state index contributed by atoms with van der Waals surface area (Å²) in [6.07, 6.45) is 5.84. The molecule has 5 aromatic rings. The Balaban J connectivity index is 1.21. The van der Waals surface area contributed by atoms with E-state index >= 15 is 0 Å². The van der Waals surface area contributed by atoms with Crippen molar-refractivity contribution in [1.29, 1.82) is 0 Å². The maximum atomic E-state index is 5.53. The highest BCUT2D eigenvalue weighted by Crippen LogP contribution is 2.35. The summed E-state index contributed by atoms with van der Waals surface area (Å²) in [6, 6.07) is 20.5. The van der Waals surface area contributed by atoms with Gasteiger partial charge in [-0.3, -0.25) is 4.98 Å². The molecule has 38 heavy (non-hydrogen) atoms. The zero-order valence-electron chi connectivity index (χ0n) is 21.3. The molecular weight excluding hydrogens is 496 g/mol. The molecule has 0 amide bonds. The van der Waals surface area contributed by atoms with Crippen LogP contribution in [0.4, 0.5) is 17.3 Å². The first-order chi connectivity index (χ1) is 18.7. The maximum Gasteiger partial charge on any atom is 0.161 e. The van der Waals surface area contributed by atoms with E-state index in [2.05, 4.69) is 72.8 Å². The number of fused-ring (bicyclic) bond motifs is 2. The van der Waals surface area contributed by atoms with E-state index < -0.39 is 0 Å². The molecule has 1 N–H and O–H groups in total. The van der Waals surface area contributed by atoms with Crippen molar-refractivity contribution in [3.63, 3.8) is 0 Å². The van der Waals surface area contributed by atoms with Crippen LogP contribution >= 0.6 is 11.8 Å². The number of aromatic nitrogens is 4. The van der Waals surface area contributed by atoms with Crippen molar-refractivity contribution in [2.24, 2.45) is 0 Å². The summed E-state index contributed by atoms with van der Waals surface area (Å²) in [5.74, 6) is 2.37. The zero-order chi connectivity index (χ0) is 25.9. The molecule has 0 atom stereocenters. The molecule has 0 unspecified atom stereocenters. The van der Waals surface area contributed by atoms with Crippen LogP contribution in [0.2, 0.25) is 0 Å². The summed E-state index contributed by atoms with van der Waals surface area (Å²) >= 11 is 1.65. The molecule has 0 aliphatic carbocycles. The molecule has 0 bridgehead atoms. The summed E-state index contributed by atoms with van der Waals surface area (Å²) in [5.41, 5.74) is 2.61. The Morgan fingerprint density at radius 3 is 2.47 bits per heavy atom. The molecule has 9 heteroatoms. The average Bonchev–Trinajstić information content (AvgIpc) is 2.98. The number of pyridine rings is 2. The molecule has 1 saturated heterocycles. The van der Waals surface area contributed by atoms with Gasteiger partial charge in [0.15, 0.2) is 11.6 Å². The number of rotatable bonds is 7. The van der Waals surface area contributed by atoms with Crippen molar-refractivity contribution in [3.8, 4) is 5.75 Å². The Kier molecular flexibility index (Phi) is 6.94. The van der Waals surface area contributed by atoms with E-state index in [0.717, 1.165) is 74.9 Å². The summed E-state index contributed by atoms with van der Waals surface area (Å²) in [5, 5.41) is 14.8. The largest absolute Gasteiger partial charge is 0.495 e. The first-order valence-corrected chi connectivity index (χ1v) is 13.4. The van der Waals surface area contributed by atoms with Gasteiger partial charge in [0.05, 0.1) is 24.9 Å². The summed E-state index contributed by atoms with van der Waals surface area (Å²) in [7, 11) is 3.42. The minimum absolute atomic E-state index is 0.324. The quantitative estimate of drug-likeness (QED) is 0.272. The fourth-order valence-electron chi connectivity index (χ4n) is 4.77. The number of methoxy groups -OCH3 is 2. The summed E-state index contributed by atoms with van der Waals surface area (Å²) < 4.78 is 10.8. The third-order valence-electron chi connectivity index (χ3n) is 6.84. The lowest BCUT2D eigenvalue weighted by molar-refractivity contribution is 0.0818. The molecule has 3 aromatic heterocycles. The minimum atomic E-state index is 0.324. The van der Waals surface area contributed by atoms with Crippen LogP contribution < -0.4 is 15.0 Å². The van der Waals surface area contributed by atoms with Crippen LogP contribution in [-0.4, -0.2) is 53.6 Å². The van der Waals surface area contributed by atoms with Crippen molar-refractivity contribution in [2.75, 3.05) is 37.5 Å². The van der Waals surface area contributed by atoms with Crippen LogP contribution in [-0.2, 0) is 4.74 Å². The third-order valence-corrected chi connectivity index (χ3v) is 7.90. The average molecular weight is 525 g/mol. The number of nitrogens with one attached hydrogen (secondary N) is 1. The standard InChI is InChI=1S/C29H28N6O2S/c1-36-20-12-15-35(16-13-20)29-24-6-4-3-5-23(24)28(33-34-29)32-19-7-9-22(10-8-19)38-26-11-14-30-25-17-21(37-2)18-31-27(25)26/h3-11,14,17-18,20H,12-13,15-16H2,1-2H3,(H,32,33). The highest BCUT2D eigenvalue weighted by atomic mass is 32.2. The Hall–Kier alpha value is -3.95. The number of hydrogen-bond donors (Lipinski definition) is 1. The van der Waals surface area contributed by atoms with E-state index in [1.165, 1.54) is 0 Å². The second-order valence-corrected chi connectivity index (χ2v) is 10.3. The Labute approximate surface area is 225 Å². The van der Waals surface area contributed by atoms with Crippen LogP contribution in [0.5, 0.6) is 5.75 Å². The first kappa shape index (κ1) is 24.4. The molecule has 1 aliphatic heterocycles. The lowest BCUT2D eigenvalue weighted by atomic mass is 10.1. The topological polar surface area (TPSA) is 85.3 Å². The van der Waals surface area contributed by atoms with E-state index in [1.54, 1.807) is 38.4 Å². The van der Waals surface area contributed by atoms with Gasteiger partial charge in [0.2, 0.25) is 0 Å². The molecule has 0 spiro atoms. The van der Waals surface area contributed by atoms with Gasteiger partial charge < -0.3 is 19.7 Å². The van der Waals surface area contributed by atoms with E-state index in [0.29, 0.717) is 11.9 Å². The second-order valence-electron chi connectivity index (χ2n) is 9.14. The fourth-order valence-corrected chi connectivity index (χ4v) is 5.68. The maximum absolute atomic E-state index is 5.53. The molecule has 1 aliphatic rings. The van der Waals surface area contributed by atoms with E-state index in [-0.39, 0.29) is 0 Å². The van der Waals surface area contributed by atoms with Gasteiger partial charge >= 0.3 is 0 Å². The fraction of sp³-hybridized carbons (Fsp3) is 0.241. The summed E-state index contributed by atoms with van der Waals surface area (Å²) in [6.45, 7) is 1.83. The number of nitrogens with zero attached hydrogens (tertiary/aromatic N) is 5. The Morgan fingerprint density at radius 2 is 1.71 bits per heavy atom. The van der Waals surface area contributed by atoms with Gasteiger partial charge in [0, 0.05) is 58.7 Å². The highest BCUT2D eigenvalue weighted by molar-refractivity contribution is 7.99. The number of benzene rings is 2. The number of hydrogen-bond acceptors (Lipinski definition) is 9. The Bertz CT molecular complexity index is 1570. The van der Waals surface area contributed by atoms with Crippen LogP contribution in [0, 0.1) is 0 Å². The van der Waals surface area contributed by atoms with Gasteiger partial charge in [-0.25, -0.2) is 4.98 Å². The third kappa shape index (κ3) is 4.94. The summed E-state index contributed by atoms with van der Waals surface area (Å²) in [4.78, 5) is 13.4. The predicted molar refractivity (Wildman–Crippen MR) is 152 cm³/mol. The smallest absolute Gasteiger partial charge is 0.161 e. The minimum Gasteiger partial charge on any atom is -0.495 e. The normalized spacial score (nSPS) is 14.2.